The largest absolute Gasteiger partial charge is 0.193 e. The molecule has 1 nitrogen and oxygen atoms in total. The van der Waals surface area contributed by atoms with Crippen LogP contribution in [0.2, 0.25) is 0 Å². The lowest BCUT2D eigenvalue weighted by Gasteiger charge is -2.05. The minimum atomic E-state index is 0.465. The van der Waals surface area contributed by atoms with Gasteiger partial charge < -0.3 is 0 Å². The third kappa shape index (κ3) is 2.33. The molecule has 0 fully saturated rings. The van der Waals surface area contributed by atoms with E-state index in [1.807, 2.05) is 31.2 Å². The van der Waals surface area contributed by atoms with E-state index in [0.29, 0.717) is 5.03 Å². The Kier molecular flexibility index (Phi) is 3.53. The second-order valence-corrected chi connectivity index (χ2v) is 3.81. The van der Waals surface area contributed by atoms with Gasteiger partial charge in [-0.15, -0.1) is 0 Å². The van der Waals surface area contributed by atoms with Gasteiger partial charge in [0.2, 0.25) is 0 Å². The first kappa shape index (κ1) is 10.3. The lowest BCUT2D eigenvalue weighted by atomic mass is 10.1. The van der Waals surface area contributed by atoms with Crippen LogP contribution >= 0.6 is 27.5 Å². The van der Waals surface area contributed by atoms with Crippen molar-refractivity contribution in [2.24, 2.45) is 0 Å². The molecule has 66 valence electrons. The van der Waals surface area contributed by atoms with Crippen LogP contribution in [0.25, 0.3) is 5.03 Å². The molecular weight excluding hydrogens is 249 g/mol. The molecule has 13 heavy (non-hydrogen) atoms. The summed E-state index contributed by atoms with van der Waals surface area (Å²) in [6, 6.07) is 7.69. The number of rotatable bonds is 1. The molecule has 3 heteroatoms. The van der Waals surface area contributed by atoms with E-state index in [0.717, 1.165) is 15.6 Å². The van der Waals surface area contributed by atoms with E-state index < -0.39 is 0 Å². The summed E-state index contributed by atoms with van der Waals surface area (Å²) in [4.78, 5) is 0. The maximum atomic E-state index is 8.45. The molecule has 0 aromatic heterocycles. The molecule has 0 saturated heterocycles. The monoisotopic (exact) mass is 255 g/mol. The topological polar surface area (TPSA) is 23.8 Å². The number of allylic oxidation sites excluding steroid dienone is 1. The van der Waals surface area contributed by atoms with Crippen molar-refractivity contribution in [1.82, 2.24) is 0 Å². The van der Waals surface area contributed by atoms with Crippen LogP contribution in [0.4, 0.5) is 0 Å². The average molecular weight is 257 g/mol. The summed E-state index contributed by atoms with van der Waals surface area (Å²) >= 11 is 9.31. The molecule has 1 aromatic carbocycles. The van der Waals surface area contributed by atoms with Crippen LogP contribution in [0.5, 0.6) is 0 Å². The van der Waals surface area contributed by atoms with E-state index >= 15 is 0 Å². The average Bonchev–Trinajstić information content (AvgIpc) is 2.04. The quantitative estimate of drug-likeness (QED) is 0.700. The highest BCUT2D eigenvalue weighted by Crippen LogP contribution is 2.29. The van der Waals surface area contributed by atoms with Crippen LogP contribution in [-0.2, 0) is 0 Å². The van der Waals surface area contributed by atoms with Gasteiger partial charge in [-0.3, -0.25) is 0 Å². The van der Waals surface area contributed by atoms with Crippen LogP contribution < -0.4 is 0 Å². The van der Waals surface area contributed by atoms with Gasteiger partial charge >= 0.3 is 0 Å². The highest BCUT2D eigenvalue weighted by atomic mass is 79.9. The lowest BCUT2D eigenvalue weighted by molar-refractivity contribution is 1.41. The molecule has 1 aromatic rings. The van der Waals surface area contributed by atoms with Crippen molar-refractivity contribution in [1.29, 1.82) is 5.26 Å². The second kappa shape index (κ2) is 4.45. The van der Waals surface area contributed by atoms with Crippen molar-refractivity contribution in [2.75, 3.05) is 0 Å². The summed E-state index contributed by atoms with van der Waals surface area (Å²) in [7, 11) is 0. The third-order valence-corrected chi connectivity index (χ3v) is 2.61. The van der Waals surface area contributed by atoms with Gasteiger partial charge in [-0.25, -0.2) is 0 Å². The Labute approximate surface area is 90.8 Å². The second-order valence-electron chi connectivity index (χ2n) is 2.55. The summed E-state index contributed by atoms with van der Waals surface area (Å²) < 4.78 is 0.906. The number of halogens is 2. The highest BCUT2D eigenvalue weighted by molar-refractivity contribution is 9.10. The Bertz CT molecular complexity index is 370. The Hall–Kier alpha value is -0.780. The van der Waals surface area contributed by atoms with Crippen molar-refractivity contribution in [3.8, 4) is 6.07 Å². The van der Waals surface area contributed by atoms with Crippen molar-refractivity contribution >= 4 is 32.6 Å². The molecule has 0 heterocycles. The predicted molar refractivity (Wildman–Crippen MR) is 58.3 cm³/mol. The Morgan fingerprint density at radius 3 is 2.85 bits per heavy atom. The molecule has 1 rings (SSSR count). The molecule has 0 spiro atoms. The zero-order valence-electron chi connectivity index (χ0n) is 7.01. The molecule has 0 amide bonds. The maximum absolute atomic E-state index is 8.45. The van der Waals surface area contributed by atoms with Crippen molar-refractivity contribution in [3.63, 3.8) is 0 Å². The van der Waals surface area contributed by atoms with Crippen molar-refractivity contribution < 1.29 is 0 Å². The zero-order chi connectivity index (χ0) is 9.84. The number of nitriles is 1. The first-order valence-corrected chi connectivity index (χ1v) is 4.84. The van der Waals surface area contributed by atoms with Gasteiger partial charge in [0, 0.05) is 16.1 Å². The van der Waals surface area contributed by atoms with Crippen LogP contribution in [0.3, 0.4) is 0 Å². The lowest BCUT2D eigenvalue weighted by Crippen LogP contribution is -1.85. The maximum Gasteiger partial charge on any atom is 0.0927 e. The summed E-state index contributed by atoms with van der Waals surface area (Å²) in [5.41, 5.74) is 1.93. The van der Waals surface area contributed by atoms with Crippen molar-refractivity contribution in [3.05, 3.63) is 39.9 Å². The van der Waals surface area contributed by atoms with Gasteiger partial charge in [0.05, 0.1) is 11.1 Å². The summed E-state index contributed by atoms with van der Waals surface area (Å²) in [5.74, 6) is 0. The number of hydrogen-bond donors (Lipinski definition) is 0. The Balaban J connectivity index is 3.30. The standard InChI is InChI=1S/C10H7BrClN/c1-7-3-2-4-8(11)10(7)9(12)5-6-13/h2-5H,1H3/b9-5-. The molecule has 0 aliphatic heterocycles. The molecular formula is C10H7BrClN. The van der Waals surface area contributed by atoms with Crippen LogP contribution in [-0.4, -0.2) is 0 Å². The first-order valence-electron chi connectivity index (χ1n) is 3.67. The number of hydrogen-bond acceptors (Lipinski definition) is 1. The molecule has 0 unspecified atom stereocenters. The molecule has 0 radical (unpaired) electrons. The smallest absolute Gasteiger partial charge is 0.0927 e. The van der Waals surface area contributed by atoms with E-state index in [-0.39, 0.29) is 0 Å². The van der Waals surface area contributed by atoms with Gasteiger partial charge in [0.25, 0.3) is 0 Å². The first-order chi connectivity index (χ1) is 6.16. The molecule has 0 atom stereocenters. The third-order valence-electron chi connectivity index (χ3n) is 1.65. The van der Waals surface area contributed by atoms with Gasteiger partial charge in [-0.05, 0) is 18.6 Å². The summed E-state index contributed by atoms with van der Waals surface area (Å²) in [6.07, 6.45) is 1.33. The number of aryl methyl sites for hydroxylation is 1. The fourth-order valence-electron chi connectivity index (χ4n) is 1.06. The molecule has 0 N–H and O–H groups in total. The van der Waals surface area contributed by atoms with E-state index in [1.54, 1.807) is 0 Å². The van der Waals surface area contributed by atoms with Gasteiger partial charge in [0.15, 0.2) is 0 Å². The molecule has 0 aliphatic carbocycles. The fourth-order valence-corrected chi connectivity index (χ4v) is 2.16. The molecule has 0 bridgehead atoms. The van der Waals surface area contributed by atoms with Crippen LogP contribution in [0, 0.1) is 18.3 Å². The van der Waals surface area contributed by atoms with Crippen LogP contribution in [0.1, 0.15) is 11.1 Å². The molecule has 0 saturated carbocycles. The van der Waals surface area contributed by atoms with E-state index in [2.05, 4.69) is 15.9 Å². The van der Waals surface area contributed by atoms with E-state index in [1.165, 1.54) is 6.08 Å². The predicted octanol–water partition coefficient (Wildman–Crippen LogP) is 3.86. The number of benzene rings is 1. The summed E-state index contributed by atoms with van der Waals surface area (Å²) in [6.45, 7) is 1.95. The van der Waals surface area contributed by atoms with Gasteiger partial charge in [-0.2, -0.15) is 5.26 Å². The minimum absolute atomic E-state index is 0.465. The van der Waals surface area contributed by atoms with E-state index in [4.69, 9.17) is 16.9 Å². The van der Waals surface area contributed by atoms with Gasteiger partial charge in [0.1, 0.15) is 0 Å². The molecule has 0 aliphatic rings. The zero-order valence-corrected chi connectivity index (χ0v) is 9.35. The SMILES string of the molecule is Cc1cccc(Br)c1/C(Cl)=C/C#N. The van der Waals surface area contributed by atoms with Crippen LogP contribution in [0.15, 0.2) is 28.7 Å². The Morgan fingerprint density at radius 2 is 2.31 bits per heavy atom. The van der Waals surface area contributed by atoms with Gasteiger partial charge in [-0.1, -0.05) is 39.7 Å². The minimum Gasteiger partial charge on any atom is -0.193 e. The highest BCUT2D eigenvalue weighted by Gasteiger charge is 2.05. The normalized spacial score (nSPS) is 11.1. The summed E-state index contributed by atoms with van der Waals surface area (Å²) in [5, 5.41) is 8.92. The van der Waals surface area contributed by atoms with Crippen molar-refractivity contribution in [2.45, 2.75) is 6.92 Å². The van der Waals surface area contributed by atoms with E-state index in [9.17, 15) is 0 Å². The Morgan fingerprint density at radius 1 is 1.62 bits per heavy atom. The number of nitrogens with zero attached hydrogens (tertiary/aromatic N) is 1. The fraction of sp³-hybridized carbons (Fsp3) is 0.100.